The molecule has 33 heteroatoms. The van der Waals surface area contributed by atoms with Gasteiger partial charge in [0.1, 0.15) is 48.3 Å². The van der Waals surface area contributed by atoms with Gasteiger partial charge in [-0.2, -0.15) is 11.8 Å². The first kappa shape index (κ1) is 66.0. The molecule has 23 N–H and O–H groups in total. The number of hydrogen-bond donors (Lipinski definition) is 17. The van der Waals surface area contributed by atoms with Crippen LogP contribution < -0.4 is 76.9 Å². The number of carboxylic acid groups (broad SMARTS) is 3. The smallest absolute Gasteiger partial charge is 0.305 e. The van der Waals surface area contributed by atoms with E-state index in [1.54, 1.807) is 6.26 Å². The van der Waals surface area contributed by atoms with Crippen LogP contribution in [-0.2, 0) is 62.3 Å². The van der Waals surface area contributed by atoms with Crippen molar-refractivity contribution in [2.45, 2.75) is 139 Å². The van der Waals surface area contributed by atoms with Gasteiger partial charge in [-0.05, 0) is 70.3 Å². The van der Waals surface area contributed by atoms with Crippen LogP contribution >= 0.6 is 11.8 Å². The Morgan fingerprint density at radius 1 is 0.446 bits per heavy atom. The molecular formula is C41H70N16O16S. The summed E-state index contributed by atoms with van der Waals surface area (Å²) in [6, 6.07) is -12.5. The largest absolute Gasteiger partial charge is 0.481 e. The predicted octanol–water partition coefficient (Wildman–Crippen LogP) is -7.28. The monoisotopic (exact) mass is 1070 g/mol. The molecule has 8 unspecified atom stereocenters. The minimum atomic E-state index is -1.67. The standard InChI is InChI=1S/C41H70N16O16S/c1-19(33(67)57-27(32(43)66)18-31(64)65)50-34(68)21(6-4-15-48-40(44)45)52-35(69)22(7-5-16-49-41(46)47)53-37(71)24(8-11-28(42)59)54-39(73)26(14-17-74-3)56-38(72)25(10-13-30(62)63)55-36(70)23(51-20(2)58)9-12-29(60)61/h19,21-27H,4-18H2,1-3H3,(H2,42,59)(H2,43,66)(H,50,68)(H,51,58)(H,52,69)(H,53,71)(H,54,73)(H,55,70)(H,56,72)(H,57,67)(H,60,61)(H,62,63)(H,64,65)(H4,44,45,48)(H4,46,47,49). The first-order valence-corrected chi connectivity index (χ1v) is 24.2. The molecule has 0 rings (SSSR count). The van der Waals surface area contributed by atoms with Gasteiger partial charge in [0, 0.05) is 39.3 Å². The summed E-state index contributed by atoms with van der Waals surface area (Å²) in [4.78, 5) is 173. The second-order valence-electron chi connectivity index (χ2n) is 16.4. The molecule has 0 aliphatic carbocycles. The van der Waals surface area contributed by atoms with E-state index in [0.717, 1.165) is 6.92 Å². The van der Waals surface area contributed by atoms with Crippen LogP contribution in [0, 0.1) is 0 Å². The van der Waals surface area contributed by atoms with Crippen LogP contribution in [0.2, 0.25) is 0 Å². The number of hydrogen-bond acceptors (Lipinski definition) is 16. The predicted molar refractivity (Wildman–Crippen MR) is 263 cm³/mol. The van der Waals surface area contributed by atoms with Crippen LogP contribution in [0.5, 0.6) is 0 Å². The number of aliphatic imine (C=N–C) groups is 2. The van der Waals surface area contributed by atoms with Crippen molar-refractivity contribution in [2.24, 2.45) is 44.4 Å². The van der Waals surface area contributed by atoms with Crippen LogP contribution in [0.3, 0.4) is 0 Å². The number of guanidine groups is 2. The summed E-state index contributed by atoms with van der Waals surface area (Å²) in [7, 11) is 0. The number of thioether (sulfide) groups is 1. The molecule has 74 heavy (non-hydrogen) atoms. The molecule has 0 saturated heterocycles. The number of nitrogens with one attached hydrogen (secondary N) is 8. The number of carboxylic acids is 3. The second-order valence-corrected chi connectivity index (χ2v) is 17.4. The third kappa shape index (κ3) is 29.4. The van der Waals surface area contributed by atoms with Crippen molar-refractivity contribution < 1.29 is 77.6 Å². The van der Waals surface area contributed by atoms with E-state index in [1.807, 2.05) is 0 Å². The maximum Gasteiger partial charge on any atom is 0.305 e. The van der Waals surface area contributed by atoms with Crippen molar-refractivity contribution in [3.05, 3.63) is 0 Å². The summed E-state index contributed by atoms with van der Waals surface area (Å²) in [5, 5.41) is 46.4. The molecular weight excluding hydrogens is 1000 g/mol. The van der Waals surface area contributed by atoms with Gasteiger partial charge in [-0.1, -0.05) is 0 Å². The molecule has 0 aromatic rings. The molecule has 0 aliphatic rings. The highest BCUT2D eigenvalue weighted by Gasteiger charge is 2.34. The van der Waals surface area contributed by atoms with Crippen LogP contribution in [0.4, 0.5) is 0 Å². The number of rotatable bonds is 38. The second kappa shape index (κ2) is 35.2. The Labute approximate surface area is 428 Å². The Kier molecular flexibility index (Phi) is 31.4. The van der Waals surface area contributed by atoms with E-state index in [0.29, 0.717) is 0 Å². The number of aliphatic carboxylic acids is 3. The molecule has 0 bridgehead atoms. The fourth-order valence-electron chi connectivity index (χ4n) is 6.36. The van der Waals surface area contributed by atoms with Gasteiger partial charge in [-0.3, -0.25) is 72.3 Å². The zero-order chi connectivity index (χ0) is 56.7. The van der Waals surface area contributed by atoms with Gasteiger partial charge in [0.05, 0.1) is 6.42 Å². The molecule has 0 saturated carbocycles. The zero-order valence-corrected chi connectivity index (χ0v) is 42.0. The third-order valence-corrected chi connectivity index (χ3v) is 10.8. The number of amides is 10. The summed E-state index contributed by atoms with van der Waals surface area (Å²) in [6.45, 7) is 2.12. The fourth-order valence-corrected chi connectivity index (χ4v) is 6.83. The maximum atomic E-state index is 14.1. The molecule has 0 spiro atoms. The van der Waals surface area contributed by atoms with Crippen molar-refractivity contribution in [1.82, 2.24) is 42.5 Å². The topological polar surface area (TPSA) is 560 Å². The average Bonchev–Trinajstić information content (AvgIpc) is 3.29. The fraction of sp³-hybridized carbons (Fsp3) is 0.634. The Bertz CT molecular complexity index is 2070. The normalized spacial score (nSPS) is 13.9. The molecule has 10 amide bonds. The molecule has 0 fully saturated rings. The van der Waals surface area contributed by atoms with Crippen molar-refractivity contribution in [1.29, 1.82) is 0 Å². The summed E-state index contributed by atoms with van der Waals surface area (Å²) in [5.41, 5.74) is 32.3. The molecule has 416 valence electrons. The Morgan fingerprint density at radius 2 is 0.784 bits per heavy atom. The third-order valence-electron chi connectivity index (χ3n) is 10.1. The van der Waals surface area contributed by atoms with Gasteiger partial charge in [-0.15, -0.1) is 0 Å². The number of nitrogens with two attached hydrogens (primary N) is 6. The highest BCUT2D eigenvalue weighted by molar-refractivity contribution is 7.98. The molecule has 0 aromatic heterocycles. The van der Waals surface area contributed by atoms with Gasteiger partial charge < -0.3 is 92.3 Å². The van der Waals surface area contributed by atoms with E-state index >= 15 is 0 Å². The summed E-state index contributed by atoms with van der Waals surface area (Å²) in [5.74, 6) is -14.6. The molecule has 0 aromatic carbocycles. The first-order chi connectivity index (χ1) is 34.6. The van der Waals surface area contributed by atoms with E-state index in [-0.39, 0.29) is 62.9 Å². The summed E-state index contributed by atoms with van der Waals surface area (Å²) < 4.78 is 0. The lowest BCUT2D eigenvalue weighted by atomic mass is 10.0. The lowest BCUT2D eigenvalue weighted by Crippen LogP contribution is -2.60. The van der Waals surface area contributed by atoms with Crippen molar-refractivity contribution >= 4 is 101 Å². The lowest BCUT2D eigenvalue weighted by Gasteiger charge is -2.28. The number of carbonyl (C=O) groups excluding carboxylic acids is 10. The van der Waals surface area contributed by atoms with Gasteiger partial charge in [-0.25, -0.2) is 0 Å². The van der Waals surface area contributed by atoms with Crippen molar-refractivity contribution in [3.8, 4) is 0 Å². The van der Waals surface area contributed by atoms with E-state index < -0.39 is 170 Å². The lowest BCUT2D eigenvalue weighted by molar-refractivity contribution is -0.140. The minimum absolute atomic E-state index is 0.0119. The molecule has 8 atom stereocenters. The molecule has 0 heterocycles. The quantitative estimate of drug-likeness (QED) is 0.0155. The van der Waals surface area contributed by atoms with Crippen molar-refractivity contribution in [3.63, 3.8) is 0 Å². The van der Waals surface area contributed by atoms with E-state index in [2.05, 4.69) is 52.5 Å². The highest BCUT2D eigenvalue weighted by Crippen LogP contribution is 2.10. The van der Waals surface area contributed by atoms with Crippen LogP contribution in [0.25, 0.3) is 0 Å². The first-order valence-electron chi connectivity index (χ1n) is 22.8. The van der Waals surface area contributed by atoms with Gasteiger partial charge in [0.25, 0.3) is 0 Å². The average molecular weight is 1080 g/mol. The molecule has 32 nitrogen and oxygen atoms in total. The number of primary amides is 2. The van der Waals surface area contributed by atoms with E-state index in [9.17, 15) is 67.4 Å². The minimum Gasteiger partial charge on any atom is -0.481 e. The number of nitrogens with zero attached hydrogens (tertiary/aromatic N) is 2. The van der Waals surface area contributed by atoms with Gasteiger partial charge in [0.2, 0.25) is 59.1 Å². The van der Waals surface area contributed by atoms with Gasteiger partial charge in [0.15, 0.2) is 11.9 Å². The summed E-state index contributed by atoms with van der Waals surface area (Å²) >= 11 is 1.23. The summed E-state index contributed by atoms with van der Waals surface area (Å²) in [6.07, 6.45) is -2.89. The van der Waals surface area contributed by atoms with Crippen LogP contribution in [0.1, 0.15) is 90.9 Å². The maximum absolute atomic E-state index is 14.1. The zero-order valence-electron chi connectivity index (χ0n) is 41.1. The SMILES string of the molecule is CSCCC(NC(=O)C(CCC(=O)O)NC(=O)C(CCC(=O)O)NC(C)=O)C(=O)NC(CCC(N)=O)C(=O)NC(CCCN=C(N)N)C(=O)NC(CCCN=C(N)N)C(=O)NC(C)C(=O)NC(CC(=O)O)C(N)=O. The van der Waals surface area contributed by atoms with Crippen LogP contribution in [0.15, 0.2) is 9.98 Å². The molecule has 0 radical (unpaired) electrons. The van der Waals surface area contributed by atoms with Gasteiger partial charge >= 0.3 is 17.9 Å². The van der Waals surface area contributed by atoms with E-state index in [4.69, 9.17) is 44.6 Å². The Morgan fingerprint density at radius 3 is 1.11 bits per heavy atom. The van der Waals surface area contributed by atoms with Crippen LogP contribution in [-0.4, -0.2) is 178 Å². The highest BCUT2D eigenvalue weighted by atomic mass is 32.2. The Hall–Kier alpha value is -8.00. The number of carbonyl (C=O) groups is 13. The van der Waals surface area contributed by atoms with E-state index in [1.165, 1.54) is 18.7 Å². The molecule has 0 aliphatic heterocycles. The Balaban J connectivity index is 6.92. The van der Waals surface area contributed by atoms with Crippen molar-refractivity contribution in [2.75, 3.05) is 25.1 Å².